The van der Waals surface area contributed by atoms with Crippen LogP contribution in [-0.2, 0) is 17.8 Å². The van der Waals surface area contributed by atoms with Crippen LogP contribution < -0.4 is 5.32 Å². The van der Waals surface area contributed by atoms with E-state index in [-0.39, 0.29) is 5.97 Å². The molecule has 0 saturated carbocycles. The average Bonchev–Trinajstić information content (AvgIpc) is 3.21. The number of halogens is 2. The van der Waals surface area contributed by atoms with Crippen LogP contribution in [-0.4, -0.2) is 17.6 Å². The summed E-state index contributed by atoms with van der Waals surface area (Å²) in [7, 11) is 1.39. The predicted octanol–water partition coefficient (Wildman–Crippen LogP) is 6.80. The number of carbonyl (C=O) groups excluding carboxylic acids is 1. The van der Waals surface area contributed by atoms with Gasteiger partial charge in [0.05, 0.1) is 7.11 Å². The van der Waals surface area contributed by atoms with E-state index in [1.165, 1.54) is 38.5 Å². The summed E-state index contributed by atoms with van der Waals surface area (Å²) in [5, 5.41) is 3.17. The van der Waals surface area contributed by atoms with E-state index in [0.717, 1.165) is 42.3 Å². The van der Waals surface area contributed by atoms with E-state index in [2.05, 4.69) is 12.2 Å². The summed E-state index contributed by atoms with van der Waals surface area (Å²) >= 11 is 0. The zero-order valence-electron chi connectivity index (χ0n) is 18.7. The Bertz CT molecular complexity index is 1010. The van der Waals surface area contributed by atoms with E-state index >= 15 is 0 Å². The molecule has 1 aromatic heterocycles. The Balaban J connectivity index is 1.68. The van der Waals surface area contributed by atoms with Crippen LogP contribution in [0.25, 0.3) is 11.1 Å². The number of rotatable bonds is 11. The van der Waals surface area contributed by atoms with E-state index in [1.54, 1.807) is 0 Å². The molecule has 0 atom stereocenters. The Morgan fingerprint density at radius 3 is 2.28 bits per heavy atom. The largest absolute Gasteiger partial charge is 0.464 e. The number of carbonyl (C=O) groups is 1. The van der Waals surface area contributed by atoms with Crippen LogP contribution in [0, 0.1) is 11.6 Å². The highest BCUT2D eigenvalue weighted by Gasteiger charge is 2.15. The lowest BCUT2D eigenvalue weighted by molar-refractivity contribution is 0.0588. The zero-order valence-corrected chi connectivity index (χ0v) is 18.7. The van der Waals surface area contributed by atoms with E-state index in [4.69, 9.17) is 4.74 Å². The molecule has 0 amide bonds. The third-order valence-electron chi connectivity index (χ3n) is 5.43. The summed E-state index contributed by atoms with van der Waals surface area (Å²) < 4.78 is 33.6. The van der Waals surface area contributed by atoms with Gasteiger partial charge in [-0.05, 0) is 47.9 Å². The number of methoxy groups -OCH3 is 1. The number of nitrogens with one attached hydrogen (secondary N) is 1. The Labute approximate surface area is 188 Å². The van der Waals surface area contributed by atoms with Crippen LogP contribution in [0.5, 0.6) is 0 Å². The Morgan fingerprint density at radius 2 is 1.62 bits per heavy atom. The van der Waals surface area contributed by atoms with Gasteiger partial charge >= 0.3 is 5.97 Å². The lowest BCUT2D eigenvalue weighted by Crippen LogP contribution is -2.10. The molecule has 0 aliphatic rings. The van der Waals surface area contributed by atoms with Crippen LogP contribution >= 0.6 is 0 Å². The van der Waals surface area contributed by atoms with Gasteiger partial charge in [-0.1, -0.05) is 44.7 Å². The summed E-state index contributed by atoms with van der Waals surface area (Å²) in [5.41, 5.74) is 3.83. The second-order valence-corrected chi connectivity index (χ2v) is 7.92. The van der Waals surface area contributed by atoms with E-state index < -0.39 is 11.6 Å². The predicted molar refractivity (Wildman–Crippen MR) is 124 cm³/mol. The van der Waals surface area contributed by atoms with Crippen molar-refractivity contribution >= 4 is 11.7 Å². The molecule has 2 aromatic carbocycles. The van der Waals surface area contributed by atoms with Crippen molar-refractivity contribution in [2.24, 2.45) is 0 Å². The van der Waals surface area contributed by atoms with Crippen molar-refractivity contribution in [3.8, 4) is 11.1 Å². The fraction of sp³-hybridized carbons (Fsp3) is 0.346. The summed E-state index contributed by atoms with van der Waals surface area (Å²) in [4.78, 5) is 12.2. The maximum atomic E-state index is 13.3. The van der Waals surface area contributed by atoms with Crippen molar-refractivity contribution in [3.05, 3.63) is 77.6 Å². The monoisotopic (exact) mass is 440 g/mol. The van der Waals surface area contributed by atoms with Gasteiger partial charge in [-0.3, -0.25) is 0 Å². The first-order chi connectivity index (χ1) is 15.5. The number of esters is 1. The smallest absolute Gasteiger partial charge is 0.354 e. The molecule has 32 heavy (non-hydrogen) atoms. The van der Waals surface area contributed by atoms with Crippen molar-refractivity contribution in [2.75, 3.05) is 12.4 Å². The molecule has 0 fully saturated rings. The van der Waals surface area contributed by atoms with Gasteiger partial charge in [0.25, 0.3) is 0 Å². The van der Waals surface area contributed by atoms with E-state index in [1.807, 2.05) is 41.1 Å². The Kier molecular flexibility index (Phi) is 8.42. The fourth-order valence-electron chi connectivity index (χ4n) is 3.71. The SMILES string of the molecule is CCCCCCCn1cc(-c2ccc(NCc3cc(F)cc(F)c3)cc2)cc1C(=O)OC. The molecule has 3 aromatic rings. The number of ether oxygens (including phenoxy) is 1. The lowest BCUT2D eigenvalue weighted by Gasteiger charge is -2.08. The van der Waals surface area contributed by atoms with Crippen LogP contribution in [0.4, 0.5) is 14.5 Å². The lowest BCUT2D eigenvalue weighted by atomic mass is 10.1. The van der Waals surface area contributed by atoms with E-state index in [9.17, 15) is 13.6 Å². The molecule has 0 spiro atoms. The number of nitrogens with zero attached hydrogens (tertiary/aromatic N) is 1. The molecule has 0 saturated heterocycles. The number of hydrogen-bond donors (Lipinski definition) is 1. The second kappa shape index (κ2) is 11.5. The summed E-state index contributed by atoms with van der Waals surface area (Å²) in [6.07, 6.45) is 7.78. The number of anilines is 1. The molecule has 0 radical (unpaired) electrons. The third kappa shape index (κ3) is 6.42. The second-order valence-electron chi connectivity index (χ2n) is 7.92. The molecule has 1 N–H and O–H groups in total. The molecule has 1 heterocycles. The van der Waals surface area contributed by atoms with Gasteiger partial charge in [-0.15, -0.1) is 0 Å². The van der Waals surface area contributed by atoms with Gasteiger partial charge in [0.1, 0.15) is 17.3 Å². The fourth-order valence-corrected chi connectivity index (χ4v) is 3.71. The third-order valence-corrected chi connectivity index (χ3v) is 5.43. The highest BCUT2D eigenvalue weighted by atomic mass is 19.1. The summed E-state index contributed by atoms with van der Waals surface area (Å²) in [6.45, 7) is 3.28. The van der Waals surface area contributed by atoms with Gasteiger partial charge in [0.2, 0.25) is 0 Å². The first kappa shape index (κ1) is 23.5. The molecular weight excluding hydrogens is 410 g/mol. The number of aromatic nitrogens is 1. The van der Waals surface area contributed by atoms with Crippen molar-refractivity contribution < 1.29 is 18.3 Å². The first-order valence-corrected chi connectivity index (χ1v) is 11.1. The Hall–Kier alpha value is -3.15. The maximum absolute atomic E-state index is 13.3. The summed E-state index contributed by atoms with van der Waals surface area (Å²) in [6, 6.07) is 13.1. The highest BCUT2D eigenvalue weighted by molar-refractivity contribution is 5.89. The minimum absolute atomic E-state index is 0.314. The topological polar surface area (TPSA) is 43.3 Å². The maximum Gasteiger partial charge on any atom is 0.354 e. The number of hydrogen-bond acceptors (Lipinski definition) is 3. The van der Waals surface area contributed by atoms with Crippen LogP contribution in [0.15, 0.2) is 54.7 Å². The van der Waals surface area contributed by atoms with E-state index in [0.29, 0.717) is 17.8 Å². The van der Waals surface area contributed by atoms with Crippen molar-refractivity contribution in [1.82, 2.24) is 4.57 Å². The standard InChI is InChI=1S/C26H30F2N2O2/c1-3-4-5-6-7-12-30-18-21(15-25(30)26(31)32-2)20-8-10-24(11-9-20)29-17-19-13-22(27)16-23(28)14-19/h8-11,13-16,18,29H,3-7,12,17H2,1-2H3. The molecule has 170 valence electrons. The van der Waals surface area contributed by atoms with Gasteiger partial charge in [-0.25, -0.2) is 13.6 Å². The molecule has 4 nitrogen and oxygen atoms in total. The molecule has 0 unspecified atom stereocenters. The first-order valence-electron chi connectivity index (χ1n) is 11.1. The van der Waals surface area contributed by atoms with Crippen molar-refractivity contribution in [2.45, 2.75) is 52.1 Å². The quantitative estimate of drug-likeness (QED) is 0.263. The van der Waals surface area contributed by atoms with Gasteiger partial charge < -0.3 is 14.6 Å². The molecule has 0 bridgehead atoms. The molecule has 0 aliphatic carbocycles. The minimum Gasteiger partial charge on any atom is -0.464 e. The molecule has 0 aliphatic heterocycles. The minimum atomic E-state index is -0.589. The van der Waals surface area contributed by atoms with Crippen LogP contribution in [0.3, 0.4) is 0 Å². The number of aryl methyl sites for hydroxylation is 1. The average molecular weight is 441 g/mol. The van der Waals surface area contributed by atoms with Crippen molar-refractivity contribution in [3.63, 3.8) is 0 Å². The molecular formula is C26H30F2N2O2. The number of unbranched alkanes of at least 4 members (excludes halogenated alkanes) is 4. The number of benzene rings is 2. The zero-order chi connectivity index (χ0) is 22.9. The van der Waals surface area contributed by atoms with Gasteiger partial charge in [0.15, 0.2) is 0 Å². The van der Waals surface area contributed by atoms with Gasteiger partial charge in [0, 0.05) is 36.6 Å². The van der Waals surface area contributed by atoms with Crippen LogP contribution in [0.1, 0.15) is 55.1 Å². The molecule has 6 heteroatoms. The molecule has 3 rings (SSSR count). The summed E-state index contributed by atoms with van der Waals surface area (Å²) in [5.74, 6) is -1.52. The van der Waals surface area contributed by atoms with Gasteiger partial charge in [-0.2, -0.15) is 0 Å². The highest BCUT2D eigenvalue weighted by Crippen LogP contribution is 2.25. The Morgan fingerprint density at radius 1 is 0.938 bits per heavy atom. The normalized spacial score (nSPS) is 10.9. The van der Waals surface area contributed by atoms with Crippen LogP contribution in [0.2, 0.25) is 0 Å². The van der Waals surface area contributed by atoms with Crippen molar-refractivity contribution in [1.29, 1.82) is 0 Å².